The standard InChI is InChI=1S/C19H18ClFO2/c1-18-5-4-10-11-7-14(20)15(22)6-9(11)2-3-12(10)19(18)8-13(19)16(21)17(18)23/h6-7,13,16,22H,2-5,8H2,1H3/t13?,16-,18+,19?/m0/s1. The molecule has 2 nitrogen and oxygen atoms in total. The fraction of sp³-hybridized carbons (Fsp3) is 0.526. The average molecular weight is 333 g/mol. The van der Waals surface area contributed by atoms with Gasteiger partial charge < -0.3 is 5.11 Å². The van der Waals surface area contributed by atoms with E-state index in [1.807, 2.05) is 13.0 Å². The molecule has 0 heterocycles. The molecule has 2 fully saturated rings. The van der Waals surface area contributed by atoms with Crippen LogP contribution in [0.25, 0.3) is 5.57 Å². The van der Waals surface area contributed by atoms with Gasteiger partial charge in [-0.3, -0.25) is 4.79 Å². The minimum atomic E-state index is -1.28. The van der Waals surface area contributed by atoms with Crippen LogP contribution in [-0.2, 0) is 11.2 Å². The average Bonchev–Trinajstić information content (AvgIpc) is 3.24. The lowest BCUT2D eigenvalue weighted by atomic mass is 9.59. The summed E-state index contributed by atoms with van der Waals surface area (Å²) in [6.07, 6.45) is 2.75. The molecule has 4 atom stereocenters. The van der Waals surface area contributed by atoms with E-state index < -0.39 is 11.6 Å². The van der Waals surface area contributed by atoms with Gasteiger partial charge in [-0.1, -0.05) is 24.1 Å². The Kier molecular flexibility index (Phi) is 2.44. The van der Waals surface area contributed by atoms with Crippen LogP contribution in [0.5, 0.6) is 5.75 Å². The van der Waals surface area contributed by atoms with E-state index in [-0.39, 0.29) is 22.9 Å². The van der Waals surface area contributed by atoms with Crippen molar-refractivity contribution in [2.75, 3.05) is 0 Å². The van der Waals surface area contributed by atoms with Gasteiger partial charge in [0.15, 0.2) is 12.0 Å². The van der Waals surface area contributed by atoms with Crippen LogP contribution in [0.3, 0.4) is 0 Å². The Balaban J connectivity index is 1.72. The van der Waals surface area contributed by atoms with Crippen molar-refractivity contribution in [3.8, 4) is 5.75 Å². The number of phenolic OH excluding ortho intramolecular Hbond substituents is 1. The first-order chi connectivity index (χ1) is 10.9. The maximum Gasteiger partial charge on any atom is 0.173 e. The molecule has 1 aromatic carbocycles. The second kappa shape index (κ2) is 4.00. The molecule has 4 aliphatic carbocycles. The van der Waals surface area contributed by atoms with Crippen LogP contribution in [0.4, 0.5) is 4.39 Å². The molecule has 2 unspecified atom stereocenters. The van der Waals surface area contributed by atoms with Crippen molar-refractivity contribution in [1.82, 2.24) is 0 Å². The van der Waals surface area contributed by atoms with E-state index in [4.69, 9.17) is 11.6 Å². The van der Waals surface area contributed by atoms with Gasteiger partial charge in [0.25, 0.3) is 0 Å². The van der Waals surface area contributed by atoms with Gasteiger partial charge in [0, 0.05) is 16.7 Å². The fourth-order valence-electron chi connectivity index (χ4n) is 5.83. The highest BCUT2D eigenvalue weighted by atomic mass is 35.5. The zero-order chi connectivity index (χ0) is 16.1. The van der Waals surface area contributed by atoms with E-state index >= 15 is 0 Å². The van der Waals surface area contributed by atoms with Crippen LogP contribution in [-0.4, -0.2) is 17.1 Å². The second-order valence-electron chi connectivity index (χ2n) is 7.80. The molecule has 0 aromatic heterocycles. The number of carbonyl (C=O) groups excluding carboxylic acids is 1. The highest BCUT2D eigenvalue weighted by Crippen LogP contribution is 2.79. The highest BCUT2D eigenvalue weighted by Gasteiger charge is 2.79. The van der Waals surface area contributed by atoms with Crippen molar-refractivity contribution in [2.24, 2.45) is 16.7 Å². The number of allylic oxidation sites excluding steroid dienone is 2. The van der Waals surface area contributed by atoms with Gasteiger partial charge in [-0.2, -0.15) is 0 Å². The monoisotopic (exact) mass is 332 g/mol. The van der Waals surface area contributed by atoms with Crippen LogP contribution >= 0.6 is 11.6 Å². The number of benzene rings is 1. The number of Topliss-reactive ketones (excluding diaryl/α,β-unsaturated/α-hetero) is 1. The summed E-state index contributed by atoms with van der Waals surface area (Å²) < 4.78 is 14.4. The first-order valence-electron chi connectivity index (χ1n) is 8.33. The Bertz CT molecular complexity index is 814. The molecule has 5 rings (SSSR count). The third-order valence-corrected chi connectivity index (χ3v) is 7.37. The van der Waals surface area contributed by atoms with E-state index in [9.17, 15) is 14.3 Å². The molecule has 1 spiro atoms. The zero-order valence-corrected chi connectivity index (χ0v) is 13.7. The van der Waals surface area contributed by atoms with Crippen molar-refractivity contribution in [3.05, 3.63) is 33.9 Å². The molecule has 2 saturated carbocycles. The van der Waals surface area contributed by atoms with Crippen LogP contribution in [0.1, 0.15) is 43.7 Å². The lowest BCUT2D eigenvalue weighted by molar-refractivity contribution is -0.132. The lowest BCUT2D eigenvalue weighted by Gasteiger charge is -2.43. The number of hydrogen-bond acceptors (Lipinski definition) is 2. The quantitative estimate of drug-likeness (QED) is 0.761. The number of hydrogen-bond donors (Lipinski definition) is 1. The summed E-state index contributed by atoms with van der Waals surface area (Å²) in [5, 5.41) is 10.2. The number of fused-ring (bicyclic) bond motifs is 2. The highest BCUT2D eigenvalue weighted by molar-refractivity contribution is 6.32. The summed E-state index contributed by atoms with van der Waals surface area (Å²) >= 11 is 6.12. The van der Waals surface area contributed by atoms with Crippen molar-refractivity contribution in [3.63, 3.8) is 0 Å². The van der Waals surface area contributed by atoms with Gasteiger partial charge >= 0.3 is 0 Å². The van der Waals surface area contributed by atoms with Crippen LogP contribution in [0.2, 0.25) is 5.02 Å². The summed E-state index contributed by atoms with van der Waals surface area (Å²) in [5.74, 6) is -0.160. The Hall–Kier alpha value is -1.35. The molecule has 0 aliphatic heterocycles. The summed E-state index contributed by atoms with van der Waals surface area (Å²) in [6.45, 7) is 1.98. The Morgan fingerprint density at radius 3 is 2.87 bits per heavy atom. The maximum absolute atomic E-state index is 14.4. The van der Waals surface area contributed by atoms with E-state index in [2.05, 4.69) is 0 Å². The third kappa shape index (κ3) is 1.40. The molecule has 4 aliphatic rings. The van der Waals surface area contributed by atoms with Gasteiger partial charge in [-0.05, 0) is 60.9 Å². The number of carbonyl (C=O) groups is 1. The zero-order valence-electron chi connectivity index (χ0n) is 13.0. The van der Waals surface area contributed by atoms with Gasteiger partial charge in [0.2, 0.25) is 0 Å². The van der Waals surface area contributed by atoms with Crippen molar-refractivity contribution in [2.45, 2.75) is 45.2 Å². The minimum absolute atomic E-state index is 0.112. The number of aryl methyl sites for hydroxylation is 1. The summed E-state index contributed by atoms with van der Waals surface area (Å²) in [6, 6.07) is 3.61. The first kappa shape index (κ1) is 14.0. The molecule has 1 aromatic rings. The largest absolute Gasteiger partial charge is 0.506 e. The number of aromatic hydroxyl groups is 1. The number of halogens is 2. The molecule has 0 saturated heterocycles. The fourth-order valence-corrected chi connectivity index (χ4v) is 5.99. The number of phenols is 1. The molecule has 0 radical (unpaired) electrons. The topological polar surface area (TPSA) is 37.3 Å². The van der Waals surface area contributed by atoms with Crippen LogP contribution in [0.15, 0.2) is 17.7 Å². The molecule has 120 valence electrons. The smallest absolute Gasteiger partial charge is 0.173 e. The molecular weight excluding hydrogens is 315 g/mol. The molecule has 0 amide bonds. The predicted molar refractivity (Wildman–Crippen MR) is 86.1 cm³/mol. The number of ketones is 1. The molecule has 4 heteroatoms. The van der Waals surface area contributed by atoms with E-state index in [0.29, 0.717) is 5.02 Å². The van der Waals surface area contributed by atoms with E-state index in [1.165, 1.54) is 11.1 Å². The van der Waals surface area contributed by atoms with Gasteiger partial charge in [-0.15, -0.1) is 0 Å². The second-order valence-corrected chi connectivity index (χ2v) is 8.21. The van der Waals surface area contributed by atoms with Crippen LogP contribution in [0, 0.1) is 16.7 Å². The first-order valence-corrected chi connectivity index (χ1v) is 8.70. The maximum atomic E-state index is 14.4. The Morgan fingerprint density at radius 1 is 1.30 bits per heavy atom. The molecule has 23 heavy (non-hydrogen) atoms. The van der Waals surface area contributed by atoms with Gasteiger partial charge in [-0.25, -0.2) is 4.39 Å². The molecular formula is C19H18ClFO2. The summed E-state index contributed by atoms with van der Waals surface area (Å²) in [7, 11) is 0. The number of alkyl halides is 1. The van der Waals surface area contributed by atoms with E-state index in [1.54, 1.807) is 6.07 Å². The van der Waals surface area contributed by atoms with Crippen LogP contribution < -0.4 is 0 Å². The van der Waals surface area contributed by atoms with Gasteiger partial charge in [0.05, 0.1) is 5.02 Å². The third-order valence-electron chi connectivity index (χ3n) is 7.07. The Labute approximate surface area is 139 Å². The van der Waals surface area contributed by atoms with Gasteiger partial charge in [0.1, 0.15) is 5.75 Å². The SMILES string of the molecule is C[C@]12CCC3=C(CCc4cc(O)c(Cl)cc43)C13CC3[C@H](F)C2=O. The van der Waals surface area contributed by atoms with E-state index in [0.717, 1.165) is 43.2 Å². The molecule has 1 N–H and O–H groups in total. The number of rotatable bonds is 0. The minimum Gasteiger partial charge on any atom is -0.506 e. The molecule has 0 bridgehead atoms. The Morgan fingerprint density at radius 2 is 2.09 bits per heavy atom. The van der Waals surface area contributed by atoms with Crippen molar-refractivity contribution < 1.29 is 14.3 Å². The normalized spacial score (nSPS) is 40.4. The lowest BCUT2D eigenvalue weighted by Crippen LogP contribution is -2.40. The predicted octanol–water partition coefficient (Wildman–Crippen LogP) is 4.47. The van der Waals surface area contributed by atoms with Crippen molar-refractivity contribution >= 4 is 23.0 Å². The summed E-state index contributed by atoms with van der Waals surface area (Å²) in [4.78, 5) is 12.5. The van der Waals surface area contributed by atoms with Crippen molar-refractivity contribution in [1.29, 1.82) is 0 Å². The summed E-state index contributed by atoms with van der Waals surface area (Å²) in [5.41, 5.74) is 4.02.